The molecule has 182 valence electrons. The van der Waals surface area contributed by atoms with Gasteiger partial charge >= 0.3 is 0 Å². The van der Waals surface area contributed by atoms with Gasteiger partial charge in [0.1, 0.15) is 28.8 Å². The molecule has 0 radical (unpaired) electrons. The minimum atomic E-state index is -0.267. The van der Waals surface area contributed by atoms with Crippen LogP contribution in [-0.4, -0.2) is 28.7 Å². The molecule has 1 N–H and O–H groups in total. The minimum absolute atomic E-state index is 0. The highest BCUT2D eigenvalue weighted by atomic mass is 35.5. The maximum Gasteiger partial charge on any atom is 0.229 e. The van der Waals surface area contributed by atoms with Gasteiger partial charge in [0.25, 0.3) is 0 Å². The van der Waals surface area contributed by atoms with Crippen LogP contribution < -0.4 is 15.0 Å². The molecule has 1 atom stereocenters. The van der Waals surface area contributed by atoms with Crippen molar-refractivity contribution in [3.05, 3.63) is 83.2 Å². The molecule has 0 amide bonds. The predicted molar refractivity (Wildman–Crippen MR) is 146 cm³/mol. The van der Waals surface area contributed by atoms with E-state index in [-0.39, 0.29) is 24.3 Å². The fourth-order valence-corrected chi connectivity index (χ4v) is 4.82. The van der Waals surface area contributed by atoms with Crippen molar-refractivity contribution in [2.45, 2.75) is 26.3 Å². The molecular formula is C27H28ClFN4OS. The number of hydrogen-bond acceptors (Lipinski definition) is 6. The molecule has 1 unspecified atom stereocenters. The molecule has 5 rings (SSSR count). The summed E-state index contributed by atoms with van der Waals surface area (Å²) in [6.07, 6.45) is 2.96. The Balaban J connectivity index is 0.00000289. The van der Waals surface area contributed by atoms with Crippen LogP contribution in [-0.2, 0) is 6.42 Å². The number of halogens is 2. The summed E-state index contributed by atoms with van der Waals surface area (Å²) in [5.41, 5.74) is 5.02. The predicted octanol–water partition coefficient (Wildman–Crippen LogP) is 7.07. The zero-order valence-corrected chi connectivity index (χ0v) is 21.5. The second-order valence-electron chi connectivity index (χ2n) is 8.48. The number of anilines is 3. The van der Waals surface area contributed by atoms with Crippen LogP contribution in [0.4, 0.5) is 21.8 Å². The van der Waals surface area contributed by atoms with Gasteiger partial charge in [0.15, 0.2) is 0 Å². The van der Waals surface area contributed by atoms with E-state index in [0.717, 1.165) is 46.7 Å². The summed E-state index contributed by atoms with van der Waals surface area (Å²) < 4.78 is 19.7. The number of fused-ring (bicyclic) bond motifs is 2. The van der Waals surface area contributed by atoms with Gasteiger partial charge in [-0.2, -0.15) is 4.98 Å². The second-order valence-corrected chi connectivity index (χ2v) is 9.29. The maximum atomic E-state index is 13.7. The van der Waals surface area contributed by atoms with Crippen molar-refractivity contribution in [2.75, 3.05) is 29.0 Å². The van der Waals surface area contributed by atoms with E-state index in [1.54, 1.807) is 17.8 Å². The van der Waals surface area contributed by atoms with Gasteiger partial charge in [0.2, 0.25) is 5.95 Å². The molecule has 1 aliphatic rings. The largest absolute Gasteiger partial charge is 0.481 e. The number of hydrogen-bond donors (Lipinski definition) is 1. The first-order chi connectivity index (χ1) is 16.5. The maximum absolute atomic E-state index is 13.7. The minimum Gasteiger partial charge on any atom is -0.481 e. The summed E-state index contributed by atoms with van der Waals surface area (Å²) in [7, 11) is 0. The van der Waals surface area contributed by atoms with Crippen LogP contribution in [0.15, 0.2) is 60.7 Å². The zero-order chi connectivity index (χ0) is 23.7. The Bertz CT molecular complexity index is 1350. The third-order valence-corrected chi connectivity index (χ3v) is 6.66. The van der Waals surface area contributed by atoms with Crippen LogP contribution in [0.2, 0.25) is 0 Å². The summed E-state index contributed by atoms with van der Waals surface area (Å²) in [4.78, 5) is 12.2. The van der Waals surface area contributed by atoms with Crippen molar-refractivity contribution in [1.29, 1.82) is 0 Å². The molecule has 0 aliphatic carbocycles. The molecule has 35 heavy (non-hydrogen) atoms. The zero-order valence-electron chi connectivity index (χ0n) is 19.9. The van der Waals surface area contributed by atoms with Gasteiger partial charge in [0, 0.05) is 17.6 Å². The summed E-state index contributed by atoms with van der Waals surface area (Å²) in [6.45, 7) is 4.94. The summed E-state index contributed by atoms with van der Waals surface area (Å²) in [6, 6.07) is 19.4. The van der Waals surface area contributed by atoms with Crippen molar-refractivity contribution in [3.63, 3.8) is 0 Å². The number of benzene rings is 3. The molecule has 0 spiro atoms. The Hall–Kier alpha value is -3.03. The van der Waals surface area contributed by atoms with Crippen molar-refractivity contribution in [2.24, 2.45) is 0 Å². The number of thioether (sulfide) groups is 1. The first-order valence-corrected chi connectivity index (χ1v) is 12.7. The molecule has 4 aromatic rings. The van der Waals surface area contributed by atoms with Gasteiger partial charge in [-0.25, -0.2) is 9.37 Å². The Morgan fingerprint density at radius 2 is 1.94 bits per heavy atom. The molecule has 0 saturated heterocycles. The highest BCUT2D eigenvalue weighted by molar-refractivity contribution is 7.98. The van der Waals surface area contributed by atoms with E-state index < -0.39 is 0 Å². The van der Waals surface area contributed by atoms with E-state index in [9.17, 15) is 4.39 Å². The van der Waals surface area contributed by atoms with Crippen molar-refractivity contribution < 1.29 is 9.13 Å². The molecule has 8 heteroatoms. The number of nitrogens with zero attached hydrogens (tertiary/aromatic N) is 3. The van der Waals surface area contributed by atoms with E-state index in [0.29, 0.717) is 11.9 Å². The smallest absolute Gasteiger partial charge is 0.229 e. The normalized spacial score (nSPS) is 14.9. The molecule has 1 aromatic heterocycles. The van der Waals surface area contributed by atoms with Crippen LogP contribution in [0.3, 0.4) is 0 Å². The standard InChI is InChI=1S/C27H27FN4OS.ClH/c1-17-15-20(28)11-12-23(17)29-27-30-25-22(9-6-10-24(25)33-16-34-3)26(31-27)32-14-13-19-7-4-5-8-21(19)18(32)2;/h4-12,15,18H,13-14,16H2,1-3H3,(H,29,30,31);1H. The number of para-hydroxylation sites is 1. The highest BCUT2D eigenvalue weighted by Gasteiger charge is 2.27. The fraction of sp³-hybridized carbons (Fsp3) is 0.259. The Kier molecular flexibility index (Phi) is 7.67. The molecule has 5 nitrogen and oxygen atoms in total. The van der Waals surface area contributed by atoms with Crippen molar-refractivity contribution >= 4 is 52.5 Å². The van der Waals surface area contributed by atoms with Crippen molar-refractivity contribution in [1.82, 2.24) is 9.97 Å². The lowest BCUT2D eigenvalue weighted by molar-refractivity contribution is 0.397. The Morgan fingerprint density at radius 3 is 2.74 bits per heavy atom. The van der Waals surface area contributed by atoms with E-state index in [1.165, 1.54) is 23.3 Å². The van der Waals surface area contributed by atoms with Gasteiger partial charge in [-0.1, -0.05) is 30.3 Å². The van der Waals surface area contributed by atoms with Gasteiger partial charge in [-0.15, -0.1) is 24.2 Å². The van der Waals surface area contributed by atoms with Gasteiger partial charge in [-0.05, 0) is 73.5 Å². The third-order valence-electron chi connectivity index (χ3n) is 6.30. The average molecular weight is 511 g/mol. The molecular weight excluding hydrogens is 483 g/mol. The second kappa shape index (κ2) is 10.7. The van der Waals surface area contributed by atoms with Crippen LogP contribution in [0.1, 0.15) is 29.7 Å². The van der Waals surface area contributed by atoms with E-state index in [2.05, 4.69) is 47.5 Å². The summed E-state index contributed by atoms with van der Waals surface area (Å²) in [5.74, 6) is 2.31. The van der Waals surface area contributed by atoms with Crippen LogP contribution in [0.5, 0.6) is 5.75 Å². The molecule has 0 bridgehead atoms. The lowest BCUT2D eigenvalue weighted by atomic mass is 9.93. The van der Waals surface area contributed by atoms with E-state index >= 15 is 0 Å². The average Bonchev–Trinajstić information content (AvgIpc) is 2.84. The lowest BCUT2D eigenvalue weighted by Crippen LogP contribution is -2.34. The number of aromatic nitrogens is 2. The quantitative estimate of drug-likeness (QED) is 0.280. The van der Waals surface area contributed by atoms with Crippen molar-refractivity contribution in [3.8, 4) is 5.75 Å². The molecule has 1 aliphatic heterocycles. The summed E-state index contributed by atoms with van der Waals surface area (Å²) in [5, 5.41) is 4.26. The highest BCUT2D eigenvalue weighted by Crippen LogP contribution is 2.38. The van der Waals surface area contributed by atoms with Gasteiger partial charge in [0.05, 0.1) is 6.04 Å². The van der Waals surface area contributed by atoms with Gasteiger partial charge in [-0.3, -0.25) is 0 Å². The number of nitrogens with one attached hydrogen (secondary N) is 1. The van der Waals surface area contributed by atoms with Gasteiger partial charge < -0.3 is 15.0 Å². The SMILES string of the molecule is CSCOc1cccc2c(N3CCc4ccccc4C3C)nc(Nc3ccc(F)cc3C)nc12.Cl. The lowest BCUT2D eigenvalue weighted by Gasteiger charge is -2.37. The van der Waals surface area contributed by atoms with Crippen LogP contribution >= 0.6 is 24.2 Å². The number of rotatable bonds is 6. The van der Waals surface area contributed by atoms with E-state index in [4.69, 9.17) is 14.7 Å². The molecule has 0 fully saturated rings. The third kappa shape index (κ3) is 5.02. The fourth-order valence-electron chi connectivity index (χ4n) is 4.57. The first-order valence-electron chi connectivity index (χ1n) is 11.4. The van der Waals surface area contributed by atoms with Crippen LogP contribution in [0, 0.1) is 12.7 Å². The number of aryl methyl sites for hydroxylation is 1. The monoisotopic (exact) mass is 510 g/mol. The Labute approximate surface area is 215 Å². The van der Waals surface area contributed by atoms with E-state index in [1.807, 2.05) is 25.3 Å². The molecule has 3 aromatic carbocycles. The van der Waals surface area contributed by atoms with Crippen LogP contribution in [0.25, 0.3) is 10.9 Å². The first kappa shape index (κ1) is 25.1. The molecule has 2 heterocycles. The topological polar surface area (TPSA) is 50.3 Å². The molecule has 0 saturated carbocycles. The summed E-state index contributed by atoms with van der Waals surface area (Å²) >= 11 is 1.61. The number of ether oxygens (including phenoxy) is 1. The Morgan fingerprint density at radius 1 is 1.11 bits per heavy atom.